The van der Waals surface area contributed by atoms with Crippen LogP contribution in [0.25, 0.3) is 0 Å². The number of nitrogens with one attached hydrogen (secondary N) is 1. The van der Waals surface area contributed by atoms with Gasteiger partial charge in [0.25, 0.3) is 5.91 Å². The first-order chi connectivity index (χ1) is 11.2. The molecule has 1 aliphatic rings. The van der Waals surface area contributed by atoms with Gasteiger partial charge in [-0.3, -0.25) is 4.79 Å². The number of carbonyl (C=O) groups is 1. The molecule has 0 saturated heterocycles. The second-order valence-electron chi connectivity index (χ2n) is 4.83. The fourth-order valence-corrected chi connectivity index (χ4v) is 2.13. The van der Waals surface area contributed by atoms with Crippen molar-refractivity contribution in [2.24, 2.45) is 0 Å². The van der Waals surface area contributed by atoms with Crippen molar-refractivity contribution in [2.75, 3.05) is 25.1 Å². The molecule has 0 aromatic heterocycles. The molecule has 0 radical (unpaired) electrons. The second-order valence-corrected chi connectivity index (χ2v) is 4.83. The predicted octanol–water partition coefficient (Wildman–Crippen LogP) is 2.35. The van der Waals surface area contributed by atoms with Gasteiger partial charge in [0.05, 0.1) is 11.6 Å². The number of rotatable bonds is 4. The molecule has 1 heterocycles. The Labute approximate surface area is 133 Å². The Bertz CT molecular complexity index is 767. The Morgan fingerprint density at radius 1 is 1.17 bits per heavy atom. The minimum Gasteiger partial charge on any atom is -0.486 e. The van der Waals surface area contributed by atoms with E-state index in [-0.39, 0.29) is 12.5 Å². The summed E-state index contributed by atoms with van der Waals surface area (Å²) >= 11 is 0. The van der Waals surface area contributed by atoms with Crippen LogP contribution in [-0.2, 0) is 4.79 Å². The highest BCUT2D eigenvalue weighted by atomic mass is 16.6. The number of benzene rings is 2. The van der Waals surface area contributed by atoms with Gasteiger partial charge in [-0.2, -0.15) is 5.26 Å². The van der Waals surface area contributed by atoms with E-state index in [0.717, 1.165) is 0 Å². The lowest BCUT2D eigenvalue weighted by atomic mass is 10.2. The van der Waals surface area contributed by atoms with Gasteiger partial charge in [0.1, 0.15) is 19.0 Å². The topological polar surface area (TPSA) is 80.6 Å². The predicted molar refractivity (Wildman–Crippen MR) is 82.7 cm³/mol. The van der Waals surface area contributed by atoms with Gasteiger partial charge in [-0.25, -0.2) is 0 Å². The number of amides is 1. The van der Waals surface area contributed by atoms with Gasteiger partial charge in [-0.15, -0.1) is 0 Å². The van der Waals surface area contributed by atoms with E-state index in [1.807, 2.05) is 6.07 Å². The number of fused-ring (bicyclic) bond motifs is 1. The Kier molecular flexibility index (Phi) is 4.29. The van der Waals surface area contributed by atoms with E-state index in [2.05, 4.69) is 5.32 Å². The lowest BCUT2D eigenvalue weighted by molar-refractivity contribution is -0.118. The molecule has 1 N–H and O–H groups in total. The summed E-state index contributed by atoms with van der Waals surface area (Å²) in [5.41, 5.74) is 1.04. The van der Waals surface area contributed by atoms with Crippen LogP contribution in [-0.4, -0.2) is 25.7 Å². The zero-order valence-electron chi connectivity index (χ0n) is 12.2. The molecule has 3 rings (SSSR count). The summed E-state index contributed by atoms with van der Waals surface area (Å²) in [6.45, 7) is 0.875. The maximum atomic E-state index is 11.9. The lowest BCUT2D eigenvalue weighted by Gasteiger charge is -2.18. The smallest absolute Gasteiger partial charge is 0.262 e. The molecule has 0 fully saturated rings. The molecule has 0 unspecified atom stereocenters. The van der Waals surface area contributed by atoms with E-state index in [1.165, 1.54) is 0 Å². The molecular weight excluding hydrogens is 296 g/mol. The van der Waals surface area contributed by atoms with Crippen molar-refractivity contribution >= 4 is 11.6 Å². The number of anilines is 1. The van der Waals surface area contributed by atoms with E-state index in [1.54, 1.807) is 42.5 Å². The van der Waals surface area contributed by atoms with Crippen LogP contribution in [0.15, 0.2) is 42.5 Å². The normalized spacial score (nSPS) is 12.1. The number of nitriles is 1. The number of hydrogen-bond donors (Lipinski definition) is 1. The summed E-state index contributed by atoms with van der Waals surface area (Å²) in [6, 6.07) is 13.9. The maximum absolute atomic E-state index is 11.9. The van der Waals surface area contributed by atoms with Crippen molar-refractivity contribution < 1.29 is 19.0 Å². The average molecular weight is 310 g/mol. The van der Waals surface area contributed by atoms with Crippen LogP contribution in [0.3, 0.4) is 0 Å². The highest BCUT2D eigenvalue weighted by Gasteiger charge is 2.13. The van der Waals surface area contributed by atoms with Crippen LogP contribution in [0, 0.1) is 11.3 Å². The van der Waals surface area contributed by atoms with Crippen LogP contribution < -0.4 is 19.5 Å². The summed E-state index contributed by atoms with van der Waals surface area (Å²) < 4.78 is 16.3. The third-order valence-electron chi connectivity index (χ3n) is 3.16. The molecule has 23 heavy (non-hydrogen) atoms. The van der Waals surface area contributed by atoms with Crippen molar-refractivity contribution in [2.45, 2.75) is 0 Å². The van der Waals surface area contributed by atoms with E-state index < -0.39 is 0 Å². The molecule has 116 valence electrons. The van der Waals surface area contributed by atoms with Crippen LogP contribution in [0.1, 0.15) is 5.56 Å². The summed E-state index contributed by atoms with van der Waals surface area (Å²) in [5.74, 6) is 1.49. The molecule has 2 aromatic rings. The van der Waals surface area contributed by atoms with Crippen LogP contribution in [0.5, 0.6) is 17.2 Å². The Balaban J connectivity index is 1.57. The number of ether oxygens (including phenoxy) is 3. The third-order valence-corrected chi connectivity index (χ3v) is 3.16. The van der Waals surface area contributed by atoms with Crippen molar-refractivity contribution in [1.82, 2.24) is 0 Å². The first-order valence-electron chi connectivity index (χ1n) is 7.07. The quantitative estimate of drug-likeness (QED) is 0.937. The van der Waals surface area contributed by atoms with Gasteiger partial charge in [-0.1, -0.05) is 6.07 Å². The Morgan fingerprint density at radius 2 is 2.00 bits per heavy atom. The largest absolute Gasteiger partial charge is 0.486 e. The van der Waals surface area contributed by atoms with Crippen LogP contribution in [0.4, 0.5) is 5.69 Å². The first-order valence-corrected chi connectivity index (χ1v) is 7.07. The molecular formula is C17H14N2O4. The maximum Gasteiger partial charge on any atom is 0.262 e. The Morgan fingerprint density at radius 3 is 2.83 bits per heavy atom. The second kappa shape index (κ2) is 6.71. The van der Waals surface area contributed by atoms with Gasteiger partial charge in [-0.05, 0) is 30.3 Å². The highest BCUT2D eigenvalue weighted by Crippen LogP contribution is 2.33. The minimum absolute atomic E-state index is 0.142. The van der Waals surface area contributed by atoms with Crippen molar-refractivity contribution in [1.29, 1.82) is 5.26 Å². The minimum atomic E-state index is -0.310. The molecule has 1 aliphatic heterocycles. The number of hydrogen-bond acceptors (Lipinski definition) is 5. The summed E-state index contributed by atoms with van der Waals surface area (Å²) in [5, 5.41) is 11.5. The van der Waals surface area contributed by atoms with Crippen molar-refractivity contribution in [3.63, 3.8) is 0 Å². The molecule has 0 saturated carbocycles. The van der Waals surface area contributed by atoms with E-state index in [9.17, 15) is 4.79 Å². The molecule has 2 aromatic carbocycles. The van der Waals surface area contributed by atoms with E-state index >= 15 is 0 Å². The monoisotopic (exact) mass is 310 g/mol. The summed E-state index contributed by atoms with van der Waals surface area (Å²) in [4.78, 5) is 11.9. The van der Waals surface area contributed by atoms with Gasteiger partial charge in [0, 0.05) is 11.8 Å². The zero-order valence-corrected chi connectivity index (χ0v) is 12.2. The number of nitrogens with zero attached hydrogens (tertiary/aromatic N) is 1. The van der Waals surface area contributed by atoms with Crippen molar-refractivity contribution in [3.05, 3.63) is 48.0 Å². The van der Waals surface area contributed by atoms with Crippen LogP contribution >= 0.6 is 0 Å². The van der Waals surface area contributed by atoms with Gasteiger partial charge in [0.15, 0.2) is 18.1 Å². The zero-order chi connectivity index (χ0) is 16.1. The standard InChI is InChI=1S/C17H14N2O4/c18-10-12-2-1-3-13(8-12)19-17(20)11-23-14-4-5-15-16(9-14)22-7-6-21-15/h1-5,8-9H,6-7,11H2,(H,19,20). The highest BCUT2D eigenvalue weighted by molar-refractivity contribution is 5.92. The molecule has 0 atom stereocenters. The molecule has 6 nitrogen and oxygen atoms in total. The molecule has 1 amide bonds. The van der Waals surface area contributed by atoms with Gasteiger partial charge in [0.2, 0.25) is 0 Å². The number of carbonyl (C=O) groups excluding carboxylic acids is 1. The molecule has 6 heteroatoms. The Hall–Kier alpha value is -3.20. The average Bonchev–Trinajstić information content (AvgIpc) is 2.60. The molecule has 0 spiro atoms. The third kappa shape index (κ3) is 3.71. The molecule has 0 bridgehead atoms. The lowest BCUT2D eigenvalue weighted by Crippen LogP contribution is -2.20. The van der Waals surface area contributed by atoms with E-state index in [4.69, 9.17) is 19.5 Å². The SMILES string of the molecule is N#Cc1cccc(NC(=O)COc2ccc3c(c2)OCCO3)c1. The van der Waals surface area contributed by atoms with Crippen molar-refractivity contribution in [3.8, 4) is 23.3 Å². The summed E-state index contributed by atoms with van der Waals surface area (Å²) in [6.07, 6.45) is 0. The molecule has 0 aliphatic carbocycles. The van der Waals surface area contributed by atoms with Crippen LogP contribution in [0.2, 0.25) is 0 Å². The first kappa shape index (κ1) is 14.7. The fraction of sp³-hybridized carbons (Fsp3) is 0.176. The summed E-state index contributed by atoms with van der Waals surface area (Å²) in [7, 11) is 0. The van der Waals surface area contributed by atoms with Gasteiger partial charge < -0.3 is 19.5 Å². The van der Waals surface area contributed by atoms with E-state index in [0.29, 0.717) is 41.7 Å². The van der Waals surface area contributed by atoms with Gasteiger partial charge >= 0.3 is 0 Å². The fourth-order valence-electron chi connectivity index (χ4n) is 2.13.